The third kappa shape index (κ3) is 2.78. The van der Waals surface area contributed by atoms with Crippen LogP contribution in [-0.4, -0.2) is 26.3 Å². The molecular formula is C14H27NO. The molecule has 2 rings (SSSR count). The number of hydrogen-bond donors (Lipinski definition) is 1. The number of nitrogens with one attached hydrogen (secondary N) is 1. The zero-order chi connectivity index (χ0) is 11.4. The van der Waals surface area contributed by atoms with Crippen molar-refractivity contribution in [2.75, 3.05) is 20.3 Å². The summed E-state index contributed by atoms with van der Waals surface area (Å²) in [7, 11) is 2.15. The van der Waals surface area contributed by atoms with Gasteiger partial charge in [0.15, 0.2) is 0 Å². The fraction of sp³-hybridized carbons (Fsp3) is 1.00. The minimum absolute atomic E-state index is 0.563. The fourth-order valence-corrected chi connectivity index (χ4v) is 3.60. The van der Waals surface area contributed by atoms with Gasteiger partial charge in [-0.1, -0.05) is 19.8 Å². The molecule has 16 heavy (non-hydrogen) atoms. The van der Waals surface area contributed by atoms with E-state index in [2.05, 4.69) is 19.3 Å². The van der Waals surface area contributed by atoms with Gasteiger partial charge in [-0.15, -0.1) is 0 Å². The molecule has 1 saturated carbocycles. The Morgan fingerprint density at radius 1 is 1.25 bits per heavy atom. The lowest BCUT2D eigenvalue weighted by Gasteiger charge is -2.37. The molecule has 0 aromatic rings. The van der Waals surface area contributed by atoms with Gasteiger partial charge < -0.3 is 10.1 Å². The lowest BCUT2D eigenvalue weighted by molar-refractivity contribution is 0.0530. The Labute approximate surface area is 100 Å². The average Bonchev–Trinajstić information content (AvgIpc) is 2.75. The summed E-state index contributed by atoms with van der Waals surface area (Å²) < 4.78 is 5.45. The minimum atomic E-state index is 0.563. The highest BCUT2D eigenvalue weighted by Gasteiger charge is 2.37. The Morgan fingerprint density at radius 2 is 1.88 bits per heavy atom. The summed E-state index contributed by atoms with van der Waals surface area (Å²) in [6, 6.07) is 0.720. The summed E-state index contributed by atoms with van der Waals surface area (Å²) in [6.07, 6.45) is 9.60. The van der Waals surface area contributed by atoms with Crippen LogP contribution in [0, 0.1) is 11.3 Å². The normalized spacial score (nSPS) is 28.1. The van der Waals surface area contributed by atoms with Crippen LogP contribution in [0.15, 0.2) is 0 Å². The Morgan fingerprint density at radius 3 is 2.44 bits per heavy atom. The van der Waals surface area contributed by atoms with Crippen molar-refractivity contribution in [1.82, 2.24) is 5.32 Å². The summed E-state index contributed by atoms with van der Waals surface area (Å²) in [5, 5.41) is 3.59. The summed E-state index contributed by atoms with van der Waals surface area (Å²) >= 11 is 0. The first-order chi connectivity index (χ1) is 7.74. The molecule has 1 heterocycles. The monoisotopic (exact) mass is 225 g/mol. The summed E-state index contributed by atoms with van der Waals surface area (Å²) in [5.74, 6) is 0.892. The molecule has 1 atom stereocenters. The first-order valence-electron chi connectivity index (χ1n) is 6.99. The van der Waals surface area contributed by atoms with Crippen LogP contribution >= 0.6 is 0 Å². The molecule has 2 aliphatic rings. The Hall–Kier alpha value is -0.0800. The van der Waals surface area contributed by atoms with Gasteiger partial charge in [0.2, 0.25) is 0 Å². The molecule has 94 valence electrons. The smallest absolute Gasteiger partial charge is 0.0468 e. The standard InChI is InChI=1S/C14H27NO/c1-14(7-3-4-8-14)13(15-2)11-12-5-9-16-10-6-12/h12-13,15H,3-11H2,1-2H3. The minimum Gasteiger partial charge on any atom is -0.381 e. The van der Waals surface area contributed by atoms with Crippen molar-refractivity contribution in [3.8, 4) is 0 Å². The maximum Gasteiger partial charge on any atom is 0.0468 e. The zero-order valence-corrected chi connectivity index (χ0v) is 10.9. The van der Waals surface area contributed by atoms with Gasteiger partial charge in [0.25, 0.3) is 0 Å². The van der Waals surface area contributed by atoms with Crippen molar-refractivity contribution >= 4 is 0 Å². The molecule has 0 radical (unpaired) electrons. The first-order valence-corrected chi connectivity index (χ1v) is 6.99. The second-order valence-electron chi connectivity index (χ2n) is 5.99. The van der Waals surface area contributed by atoms with E-state index >= 15 is 0 Å². The Kier molecular flexibility index (Phi) is 4.26. The lowest BCUT2D eigenvalue weighted by atomic mass is 9.75. The summed E-state index contributed by atoms with van der Waals surface area (Å²) in [5.41, 5.74) is 0.563. The molecule has 2 fully saturated rings. The molecule has 0 aromatic heterocycles. The molecule has 0 aromatic carbocycles. The highest BCUT2D eigenvalue weighted by Crippen LogP contribution is 2.42. The highest BCUT2D eigenvalue weighted by atomic mass is 16.5. The van der Waals surface area contributed by atoms with Crippen LogP contribution in [0.5, 0.6) is 0 Å². The van der Waals surface area contributed by atoms with E-state index in [9.17, 15) is 0 Å². The van der Waals surface area contributed by atoms with E-state index in [0.29, 0.717) is 5.41 Å². The number of rotatable bonds is 4. The third-order valence-electron chi connectivity index (χ3n) is 4.85. The molecule has 0 spiro atoms. The number of hydrogen-bond acceptors (Lipinski definition) is 2. The molecule has 2 heteroatoms. The van der Waals surface area contributed by atoms with Gasteiger partial charge in [0, 0.05) is 19.3 Å². The fourth-order valence-electron chi connectivity index (χ4n) is 3.60. The molecule has 0 amide bonds. The van der Waals surface area contributed by atoms with Crippen molar-refractivity contribution in [3.63, 3.8) is 0 Å². The van der Waals surface area contributed by atoms with E-state index in [1.165, 1.54) is 44.9 Å². The van der Waals surface area contributed by atoms with E-state index < -0.39 is 0 Å². The summed E-state index contributed by atoms with van der Waals surface area (Å²) in [6.45, 7) is 4.45. The molecule has 1 N–H and O–H groups in total. The van der Waals surface area contributed by atoms with Crippen molar-refractivity contribution in [1.29, 1.82) is 0 Å². The van der Waals surface area contributed by atoms with Crippen LogP contribution in [0.1, 0.15) is 51.9 Å². The Balaban J connectivity index is 1.88. The van der Waals surface area contributed by atoms with Crippen LogP contribution in [-0.2, 0) is 4.74 Å². The predicted octanol–water partition coefficient (Wildman–Crippen LogP) is 2.97. The van der Waals surface area contributed by atoms with Crippen LogP contribution in [0.4, 0.5) is 0 Å². The maximum atomic E-state index is 5.45. The topological polar surface area (TPSA) is 21.3 Å². The van der Waals surface area contributed by atoms with Gasteiger partial charge in [-0.2, -0.15) is 0 Å². The molecule has 1 saturated heterocycles. The molecular weight excluding hydrogens is 198 g/mol. The Bertz CT molecular complexity index is 205. The van der Waals surface area contributed by atoms with E-state index in [0.717, 1.165) is 25.2 Å². The SMILES string of the molecule is CNC(CC1CCOCC1)C1(C)CCCC1. The van der Waals surface area contributed by atoms with Gasteiger partial charge in [-0.25, -0.2) is 0 Å². The van der Waals surface area contributed by atoms with Crippen LogP contribution in [0.3, 0.4) is 0 Å². The molecule has 2 nitrogen and oxygen atoms in total. The van der Waals surface area contributed by atoms with Gasteiger partial charge in [-0.3, -0.25) is 0 Å². The van der Waals surface area contributed by atoms with Gasteiger partial charge in [-0.05, 0) is 50.5 Å². The average molecular weight is 225 g/mol. The van der Waals surface area contributed by atoms with E-state index in [1.54, 1.807) is 0 Å². The van der Waals surface area contributed by atoms with E-state index in [4.69, 9.17) is 4.74 Å². The van der Waals surface area contributed by atoms with Crippen LogP contribution in [0.25, 0.3) is 0 Å². The van der Waals surface area contributed by atoms with Crippen molar-refractivity contribution in [3.05, 3.63) is 0 Å². The molecule has 0 bridgehead atoms. The maximum absolute atomic E-state index is 5.45. The van der Waals surface area contributed by atoms with Crippen LogP contribution < -0.4 is 5.32 Å². The predicted molar refractivity (Wildman–Crippen MR) is 67.6 cm³/mol. The van der Waals surface area contributed by atoms with Crippen molar-refractivity contribution in [2.45, 2.75) is 57.9 Å². The molecule has 1 unspecified atom stereocenters. The second kappa shape index (κ2) is 5.50. The molecule has 1 aliphatic carbocycles. The molecule has 1 aliphatic heterocycles. The van der Waals surface area contributed by atoms with E-state index in [1.807, 2.05) is 0 Å². The quantitative estimate of drug-likeness (QED) is 0.794. The third-order valence-corrected chi connectivity index (χ3v) is 4.85. The first kappa shape index (κ1) is 12.4. The lowest BCUT2D eigenvalue weighted by Crippen LogP contribution is -2.42. The van der Waals surface area contributed by atoms with Crippen molar-refractivity contribution in [2.24, 2.45) is 11.3 Å². The zero-order valence-electron chi connectivity index (χ0n) is 10.9. The second-order valence-corrected chi connectivity index (χ2v) is 5.99. The van der Waals surface area contributed by atoms with Gasteiger partial charge >= 0.3 is 0 Å². The van der Waals surface area contributed by atoms with Crippen LogP contribution in [0.2, 0.25) is 0 Å². The highest BCUT2D eigenvalue weighted by molar-refractivity contribution is 4.92. The van der Waals surface area contributed by atoms with Crippen molar-refractivity contribution < 1.29 is 4.74 Å². The van der Waals surface area contributed by atoms with E-state index in [-0.39, 0.29) is 0 Å². The van der Waals surface area contributed by atoms with Gasteiger partial charge in [0.05, 0.1) is 0 Å². The number of ether oxygens (including phenoxy) is 1. The van der Waals surface area contributed by atoms with Gasteiger partial charge in [0.1, 0.15) is 0 Å². The summed E-state index contributed by atoms with van der Waals surface area (Å²) in [4.78, 5) is 0. The largest absolute Gasteiger partial charge is 0.381 e.